The summed E-state index contributed by atoms with van der Waals surface area (Å²) in [6.07, 6.45) is -0.421. The van der Waals surface area contributed by atoms with Gasteiger partial charge in [-0.05, 0) is 67.6 Å². The highest BCUT2D eigenvalue weighted by Crippen LogP contribution is 2.20. The Morgan fingerprint density at radius 3 is 2.11 bits per heavy atom. The quantitative estimate of drug-likeness (QED) is 0.254. The molecule has 10 heteroatoms. The van der Waals surface area contributed by atoms with Crippen molar-refractivity contribution in [2.24, 2.45) is 0 Å². The van der Waals surface area contributed by atoms with Crippen molar-refractivity contribution in [1.82, 2.24) is 0 Å². The molecule has 0 heterocycles. The summed E-state index contributed by atoms with van der Waals surface area (Å²) in [4.78, 5) is 36.0. The molecule has 35 heavy (non-hydrogen) atoms. The summed E-state index contributed by atoms with van der Waals surface area (Å²) in [6.45, 7) is 1.29. The summed E-state index contributed by atoms with van der Waals surface area (Å²) in [5.41, 5.74) is 1.48. The Morgan fingerprint density at radius 2 is 1.49 bits per heavy atom. The third-order valence-electron chi connectivity index (χ3n) is 4.74. The molecule has 1 N–H and O–H groups in total. The molecule has 182 valence electrons. The smallest absolute Gasteiger partial charge is 0.339 e. The van der Waals surface area contributed by atoms with Gasteiger partial charge in [0.25, 0.3) is 0 Å². The van der Waals surface area contributed by atoms with E-state index >= 15 is 0 Å². The topological polar surface area (TPSA) is 116 Å². The van der Waals surface area contributed by atoms with E-state index in [-0.39, 0.29) is 29.1 Å². The molecule has 0 aromatic heterocycles. The van der Waals surface area contributed by atoms with Gasteiger partial charge < -0.3 is 14.2 Å². The number of ketones is 1. The average molecular weight is 500 g/mol. The lowest BCUT2D eigenvalue weighted by molar-refractivity contribution is -0.143. The van der Waals surface area contributed by atoms with Gasteiger partial charge in [0, 0.05) is 17.7 Å². The van der Waals surface area contributed by atoms with E-state index < -0.39 is 40.2 Å². The van der Waals surface area contributed by atoms with Crippen LogP contribution in [0.15, 0.2) is 77.7 Å². The van der Waals surface area contributed by atoms with E-state index in [1.165, 1.54) is 60.7 Å². The van der Waals surface area contributed by atoms with Crippen molar-refractivity contribution in [3.63, 3.8) is 0 Å². The second-order valence-electron chi connectivity index (χ2n) is 7.51. The number of Topliss-reactive ketones (excluding diaryl/α,β-unsaturated/α-hetero) is 1. The Balaban J connectivity index is 1.45. The molecule has 0 fully saturated rings. The summed E-state index contributed by atoms with van der Waals surface area (Å²) in [7, 11) is -4.02. The second kappa shape index (κ2) is 11.4. The van der Waals surface area contributed by atoms with Crippen molar-refractivity contribution in [2.45, 2.75) is 24.7 Å². The number of hydrogen-bond donors (Lipinski definition) is 1. The zero-order valence-electron chi connectivity index (χ0n) is 18.7. The zero-order valence-corrected chi connectivity index (χ0v) is 19.5. The monoisotopic (exact) mass is 499 g/mol. The predicted octanol–water partition coefficient (Wildman–Crippen LogP) is 4.05. The van der Waals surface area contributed by atoms with Gasteiger partial charge in [-0.25, -0.2) is 4.39 Å². The molecule has 0 aliphatic carbocycles. The number of amides is 1. The lowest BCUT2D eigenvalue weighted by Crippen LogP contribution is -2.17. The van der Waals surface area contributed by atoms with Gasteiger partial charge in [-0.1, -0.05) is 17.7 Å². The first-order valence-corrected chi connectivity index (χ1v) is 11.9. The van der Waals surface area contributed by atoms with Gasteiger partial charge in [0.05, 0.1) is 6.42 Å². The predicted molar refractivity (Wildman–Crippen MR) is 125 cm³/mol. The minimum atomic E-state index is -4.02. The Morgan fingerprint density at radius 1 is 0.857 bits per heavy atom. The van der Waals surface area contributed by atoms with Crippen molar-refractivity contribution in [2.75, 3.05) is 11.9 Å². The molecule has 0 saturated carbocycles. The van der Waals surface area contributed by atoms with E-state index in [4.69, 9.17) is 8.92 Å². The lowest BCUT2D eigenvalue weighted by atomic mass is 10.1. The number of anilines is 1. The van der Waals surface area contributed by atoms with Crippen molar-refractivity contribution < 1.29 is 36.1 Å². The molecular formula is C25H22FNO7S. The fraction of sp³-hybridized carbons (Fsp3) is 0.160. The summed E-state index contributed by atoms with van der Waals surface area (Å²) >= 11 is 0. The number of carbonyl (C=O) groups excluding carboxylic acids is 3. The fourth-order valence-corrected chi connectivity index (χ4v) is 3.78. The van der Waals surface area contributed by atoms with Crippen LogP contribution >= 0.6 is 0 Å². The van der Waals surface area contributed by atoms with Gasteiger partial charge in [0.2, 0.25) is 5.91 Å². The van der Waals surface area contributed by atoms with Crippen LogP contribution in [0.4, 0.5) is 10.1 Å². The maximum atomic E-state index is 12.9. The average Bonchev–Trinajstić information content (AvgIpc) is 2.83. The largest absolute Gasteiger partial charge is 0.457 e. The van der Waals surface area contributed by atoms with E-state index in [1.807, 2.05) is 6.92 Å². The van der Waals surface area contributed by atoms with Gasteiger partial charge >= 0.3 is 16.1 Å². The number of halogens is 1. The molecule has 0 unspecified atom stereocenters. The zero-order chi connectivity index (χ0) is 25.4. The van der Waals surface area contributed by atoms with Crippen LogP contribution in [0, 0.1) is 12.7 Å². The minimum absolute atomic E-state index is 0.00140. The third-order valence-corrected chi connectivity index (χ3v) is 6.00. The van der Waals surface area contributed by atoms with Gasteiger partial charge in [-0.15, -0.1) is 0 Å². The second-order valence-corrected chi connectivity index (χ2v) is 9.06. The van der Waals surface area contributed by atoms with Gasteiger partial charge in [-0.3, -0.25) is 14.4 Å². The van der Waals surface area contributed by atoms with Crippen molar-refractivity contribution in [3.8, 4) is 5.75 Å². The molecule has 3 aromatic rings. The van der Waals surface area contributed by atoms with Crippen LogP contribution in [0.5, 0.6) is 5.75 Å². The number of rotatable bonds is 10. The van der Waals surface area contributed by atoms with Crippen LogP contribution in [0.25, 0.3) is 0 Å². The molecule has 0 spiro atoms. The Hall–Kier alpha value is -4.05. The molecule has 0 aliphatic heterocycles. The van der Waals surface area contributed by atoms with E-state index in [2.05, 4.69) is 5.32 Å². The normalized spacial score (nSPS) is 10.9. The van der Waals surface area contributed by atoms with E-state index in [0.29, 0.717) is 5.69 Å². The maximum Gasteiger partial charge on any atom is 0.339 e. The number of ether oxygens (including phenoxy) is 1. The molecule has 0 saturated heterocycles. The molecule has 1 amide bonds. The molecule has 0 radical (unpaired) electrons. The van der Waals surface area contributed by atoms with Crippen LogP contribution in [-0.4, -0.2) is 32.7 Å². The van der Waals surface area contributed by atoms with Gasteiger partial charge in [-0.2, -0.15) is 8.42 Å². The minimum Gasteiger partial charge on any atom is -0.457 e. The van der Waals surface area contributed by atoms with Crippen molar-refractivity contribution in [1.29, 1.82) is 0 Å². The third kappa shape index (κ3) is 7.75. The van der Waals surface area contributed by atoms with Crippen molar-refractivity contribution in [3.05, 3.63) is 89.7 Å². The number of hydrogen-bond acceptors (Lipinski definition) is 7. The molecule has 0 bridgehead atoms. The van der Waals surface area contributed by atoms with E-state index in [9.17, 15) is 27.2 Å². The van der Waals surface area contributed by atoms with Crippen LogP contribution < -0.4 is 9.50 Å². The number of nitrogens with one attached hydrogen (secondary N) is 1. The molecule has 3 rings (SSSR count). The number of carbonyl (C=O) groups is 3. The van der Waals surface area contributed by atoms with Gasteiger partial charge in [0.15, 0.2) is 12.4 Å². The standard InChI is InChI=1S/C25H22FNO7S/c1-17-2-12-22(13-3-17)35(31,32)34-21-10-4-18(5-11-21)23(28)16-33-25(30)15-14-24(29)27-20-8-6-19(26)7-9-20/h2-13H,14-16H2,1H3,(H,27,29). The first kappa shape index (κ1) is 25.6. The van der Waals surface area contributed by atoms with Crippen LogP contribution in [-0.2, 0) is 24.4 Å². The highest BCUT2D eigenvalue weighted by atomic mass is 32.2. The fourth-order valence-electron chi connectivity index (χ4n) is 2.85. The molecular weight excluding hydrogens is 477 g/mol. The van der Waals surface area contributed by atoms with Crippen LogP contribution in [0.1, 0.15) is 28.8 Å². The van der Waals surface area contributed by atoms with E-state index in [1.54, 1.807) is 12.1 Å². The van der Waals surface area contributed by atoms with Crippen LogP contribution in [0.2, 0.25) is 0 Å². The molecule has 0 atom stereocenters. The molecule has 3 aromatic carbocycles. The Kier molecular flexibility index (Phi) is 8.32. The maximum absolute atomic E-state index is 12.9. The summed E-state index contributed by atoms with van der Waals surface area (Å²) in [5.74, 6) is -2.13. The summed E-state index contributed by atoms with van der Waals surface area (Å²) in [5, 5.41) is 2.51. The van der Waals surface area contributed by atoms with Crippen LogP contribution in [0.3, 0.4) is 0 Å². The SMILES string of the molecule is Cc1ccc(S(=O)(=O)Oc2ccc(C(=O)COC(=O)CCC(=O)Nc3ccc(F)cc3)cc2)cc1. The van der Waals surface area contributed by atoms with Crippen molar-refractivity contribution >= 4 is 33.5 Å². The highest BCUT2D eigenvalue weighted by molar-refractivity contribution is 7.87. The summed E-state index contributed by atoms with van der Waals surface area (Å²) < 4.78 is 47.6. The van der Waals surface area contributed by atoms with E-state index in [0.717, 1.165) is 5.56 Å². The first-order valence-electron chi connectivity index (χ1n) is 10.5. The highest BCUT2D eigenvalue weighted by Gasteiger charge is 2.17. The number of esters is 1. The Bertz CT molecular complexity index is 1300. The molecule has 8 nitrogen and oxygen atoms in total. The summed E-state index contributed by atoms with van der Waals surface area (Å²) in [6, 6.07) is 16.7. The first-order chi connectivity index (χ1) is 16.6. The van der Waals surface area contributed by atoms with Gasteiger partial charge in [0.1, 0.15) is 16.5 Å². The Labute approximate surface area is 201 Å². The number of benzene rings is 3. The lowest BCUT2D eigenvalue weighted by Gasteiger charge is -2.08. The number of aryl methyl sites for hydroxylation is 1. The molecule has 0 aliphatic rings.